The van der Waals surface area contributed by atoms with Crippen molar-refractivity contribution < 1.29 is 9.53 Å². The summed E-state index contributed by atoms with van der Waals surface area (Å²) in [5.74, 6) is 1.04. The molecule has 2 aromatic heterocycles. The smallest absolute Gasteiger partial charge is 0.277 e. The first-order valence-corrected chi connectivity index (χ1v) is 8.77. The second kappa shape index (κ2) is 7.40. The molecule has 0 saturated heterocycles. The Morgan fingerprint density at radius 1 is 1.04 bits per heavy atom. The summed E-state index contributed by atoms with van der Waals surface area (Å²) in [6.07, 6.45) is 3.40. The molecular formula is C21H19N5O2. The number of hydrogen-bond donors (Lipinski definition) is 1. The van der Waals surface area contributed by atoms with E-state index in [2.05, 4.69) is 15.5 Å². The van der Waals surface area contributed by atoms with Crippen LogP contribution in [-0.4, -0.2) is 32.6 Å². The lowest BCUT2D eigenvalue weighted by atomic mass is 10.2. The molecule has 0 bridgehead atoms. The number of para-hydroxylation sites is 1. The molecule has 0 atom stereocenters. The lowest BCUT2D eigenvalue weighted by molar-refractivity contribution is 0.102. The number of aryl methyl sites for hydroxylation is 1. The van der Waals surface area contributed by atoms with Gasteiger partial charge in [0.05, 0.1) is 24.7 Å². The second-order valence-corrected chi connectivity index (χ2v) is 6.21. The average Bonchev–Trinajstić information content (AvgIpc) is 3.38. The third-order valence-corrected chi connectivity index (χ3v) is 4.39. The van der Waals surface area contributed by atoms with Crippen LogP contribution >= 0.6 is 0 Å². The number of methoxy groups -OCH3 is 1. The zero-order valence-electron chi connectivity index (χ0n) is 15.5. The van der Waals surface area contributed by atoms with E-state index in [1.165, 1.54) is 0 Å². The predicted octanol–water partition coefficient (Wildman–Crippen LogP) is 3.63. The van der Waals surface area contributed by atoms with Crippen molar-refractivity contribution >= 4 is 11.7 Å². The van der Waals surface area contributed by atoms with E-state index in [1.807, 2.05) is 55.5 Å². The standard InChI is InChI=1S/C21H19N5O2/c1-15-5-3-4-6-19(15)26-20(11-13-22-26)23-21(27)18-12-14-25(24-18)16-7-9-17(28-2)10-8-16/h3-14H,1-2H3,(H,23,27). The Kier molecular flexibility index (Phi) is 4.63. The van der Waals surface area contributed by atoms with E-state index in [-0.39, 0.29) is 5.91 Å². The SMILES string of the molecule is COc1ccc(-n2ccc(C(=O)Nc3ccnn3-c3ccccc3C)n2)cc1. The van der Waals surface area contributed by atoms with Crippen LogP contribution in [0.25, 0.3) is 11.4 Å². The number of amides is 1. The third-order valence-electron chi connectivity index (χ3n) is 4.39. The maximum Gasteiger partial charge on any atom is 0.277 e. The minimum absolute atomic E-state index is 0.303. The van der Waals surface area contributed by atoms with Crippen molar-refractivity contribution in [1.29, 1.82) is 0 Å². The molecule has 0 aliphatic carbocycles. The van der Waals surface area contributed by atoms with Gasteiger partial charge >= 0.3 is 0 Å². The van der Waals surface area contributed by atoms with Gasteiger partial charge in [0.15, 0.2) is 5.69 Å². The molecule has 0 saturated carbocycles. The number of hydrogen-bond acceptors (Lipinski definition) is 4. The molecular weight excluding hydrogens is 354 g/mol. The van der Waals surface area contributed by atoms with Gasteiger partial charge in [0.25, 0.3) is 5.91 Å². The van der Waals surface area contributed by atoms with E-state index in [9.17, 15) is 4.79 Å². The van der Waals surface area contributed by atoms with Crippen molar-refractivity contribution in [3.8, 4) is 17.1 Å². The van der Waals surface area contributed by atoms with E-state index in [1.54, 1.807) is 41.0 Å². The molecule has 0 aliphatic heterocycles. The highest BCUT2D eigenvalue weighted by Crippen LogP contribution is 2.19. The zero-order valence-corrected chi connectivity index (χ0v) is 15.5. The topological polar surface area (TPSA) is 74.0 Å². The fourth-order valence-electron chi connectivity index (χ4n) is 2.90. The highest BCUT2D eigenvalue weighted by molar-refractivity contribution is 6.02. The maximum atomic E-state index is 12.7. The molecule has 0 fully saturated rings. The van der Waals surface area contributed by atoms with E-state index >= 15 is 0 Å². The summed E-state index contributed by atoms with van der Waals surface area (Å²) in [6, 6.07) is 18.7. The first-order valence-electron chi connectivity index (χ1n) is 8.77. The molecule has 28 heavy (non-hydrogen) atoms. The molecule has 0 spiro atoms. The molecule has 2 aromatic carbocycles. The van der Waals surface area contributed by atoms with Crippen LogP contribution in [-0.2, 0) is 0 Å². The van der Waals surface area contributed by atoms with Crippen LogP contribution in [0.2, 0.25) is 0 Å². The van der Waals surface area contributed by atoms with E-state index in [4.69, 9.17) is 4.74 Å². The van der Waals surface area contributed by atoms with Crippen LogP contribution in [0, 0.1) is 6.92 Å². The van der Waals surface area contributed by atoms with Gasteiger partial charge in [0, 0.05) is 12.3 Å². The van der Waals surface area contributed by atoms with Crippen LogP contribution in [0.4, 0.5) is 5.82 Å². The normalized spacial score (nSPS) is 10.6. The van der Waals surface area contributed by atoms with Gasteiger partial charge in [-0.25, -0.2) is 9.36 Å². The Morgan fingerprint density at radius 3 is 2.57 bits per heavy atom. The van der Waals surface area contributed by atoms with Gasteiger partial charge in [0.1, 0.15) is 11.6 Å². The van der Waals surface area contributed by atoms with E-state index < -0.39 is 0 Å². The van der Waals surface area contributed by atoms with Crippen molar-refractivity contribution in [3.05, 3.63) is 84.3 Å². The van der Waals surface area contributed by atoms with Gasteiger partial charge in [0.2, 0.25) is 0 Å². The van der Waals surface area contributed by atoms with Gasteiger partial charge < -0.3 is 10.1 Å². The largest absolute Gasteiger partial charge is 0.497 e. The summed E-state index contributed by atoms with van der Waals surface area (Å²) < 4.78 is 8.51. The molecule has 140 valence electrons. The molecule has 2 heterocycles. The molecule has 7 nitrogen and oxygen atoms in total. The highest BCUT2D eigenvalue weighted by Gasteiger charge is 2.14. The minimum atomic E-state index is -0.303. The lowest BCUT2D eigenvalue weighted by Gasteiger charge is -2.10. The van der Waals surface area contributed by atoms with Gasteiger partial charge in [-0.2, -0.15) is 10.2 Å². The fourth-order valence-corrected chi connectivity index (χ4v) is 2.90. The van der Waals surface area contributed by atoms with Gasteiger partial charge in [-0.15, -0.1) is 0 Å². The van der Waals surface area contributed by atoms with Gasteiger partial charge in [-0.3, -0.25) is 4.79 Å². The lowest BCUT2D eigenvalue weighted by Crippen LogP contribution is -2.16. The number of carbonyl (C=O) groups excluding carboxylic acids is 1. The molecule has 1 amide bonds. The molecule has 4 rings (SSSR count). The molecule has 7 heteroatoms. The van der Waals surface area contributed by atoms with Crippen molar-refractivity contribution in [2.75, 3.05) is 12.4 Å². The Morgan fingerprint density at radius 2 is 1.82 bits per heavy atom. The second-order valence-electron chi connectivity index (χ2n) is 6.21. The minimum Gasteiger partial charge on any atom is -0.497 e. The number of nitrogens with one attached hydrogen (secondary N) is 1. The molecule has 4 aromatic rings. The Balaban J connectivity index is 1.55. The first kappa shape index (κ1) is 17.5. The maximum absolute atomic E-state index is 12.7. The number of ether oxygens (including phenoxy) is 1. The van der Waals surface area contributed by atoms with Crippen LogP contribution in [0.15, 0.2) is 73.1 Å². The number of carbonyl (C=O) groups is 1. The van der Waals surface area contributed by atoms with Crippen LogP contribution in [0.5, 0.6) is 5.75 Å². The van der Waals surface area contributed by atoms with Crippen molar-refractivity contribution in [3.63, 3.8) is 0 Å². The zero-order chi connectivity index (χ0) is 19.5. The van der Waals surface area contributed by atoms with Gasteiger partial charge in [-0.1, -0.05) is 18.2 Å². The number of benzene rings is 2. The summed E-state index contributed by atoms with van der Waals surface area (Å²) in [5.41, 5.74) is 3.12. The number of anilines is 1. The Bertz CT molecular complexity index is 1110. The quantitative estimate of drug-likeness (QED) is 0.580. The highest BCUT2D eigenvalue weighted by atomic mass is 16.5. The Hall–Kier alpha value is -3.87. The molecule has 0 radical (unpaired) electrons. The molecule has 0 aliphatic rings. The van der Waals surface area contributed by atoms with Crippen molar-refractivity contribution in [1.82, 2.24) is 19.6 Å². The van der Waals surface area contributed by atoms with Crippen molar-refractivity contribution in [2.45, 2.75) is 6.92 Å². The van der Waals surface area contributed by atoms with Gasteiger partial charge in [-0.05, 0) is 48.9 Å². The van der Waals surface area contributed by atoms with E-state index in [0.717, 1.165) is 22.7 Å². The van der Waals surface area contributed by atoms with E-state index in [0.29, 0.717) is 11.5 Å². The average molecular weight is 373 g/mol. The van der Waals surface area contributed by atoms with Crippen LogP contribution < -0.4 is 10.1 Å². The predicted molar refractivity (Wildman–Crippen MR) is 106 cm³/mol. The summed E-state index contributed by atoms with van der Waals surface area (Å²) in [7, 11) is 1.62. The summed E-state index contributed by atoms with van der Waals surface area (Å²) in [4.78, 5) is 12.7. The fraction of sp³-hybridized carbons (Fsp3) is 0.0952. The summed E-state index contributed by atoms with van der Waals surface area (Å²) in [5, 5.41) is 11.6. The number of rotatable bonds is 5. The Labute approximate surface area is 162 Å². The number of nitrogens with zero attached hydrogens (tertiary/aromatic N) is 4. The summed E-state index contributed by atoms with van der Waals surface area (Å²) >= 11 is 0. The number of aromatic nitrogens is 4. The van der Waals surface area contributed by atoms with Crippen molar-refractivity contribution in [2.24, 2.45) is 0 Å². The first-order chi connectivity index (χ1) is 13.7. The third kappa shape index (κ3) is 3.37. The van der Waals surface area contributed by atoms with Crippen LogP contribution in [0.3, 0.4) is 0 Å². The van der Waals surface area contributed by atoms with Crippen LogP contribution in [0.1, 0.15) is 16.1 Å². The summed E-state index contributed by atoms with van der Waals surface area (Å²) in [6.45, 7) is 2.00. The monoisotopic (exact) mass is 373 g/mol. The molecule has 1 N–H and O–H groups in total. The molecule has 0 unspecified atom stereocenters.